The second-order valence-electron chi connectivity index (χ2n) is 3.39. The molecule has 5 nitrogen and oxygen atoms in total. The van der Waals surface area contributed by atoms with Crippen LogP contribution in [0.3, 0.4) is 0 Å². The highest BCUT2D eigenvalue weighted by atomic mass is 19.1. The zero-order valence-electron chi connectivity index (χ0n) is 9.52. The Morgan fingerprint density at radius 1 is 1.44 bits per heavy atom. The van der Waals surface area contributed by atoms with Gasteiger partial charge in [-0.1, -0.05) is 12.1 Å². The number of ketones is 1. The van der Waals surface area contributed by atoms with Crippen LogP contribution in [0.1, 0.15) is 10.4 Å². The van der Waals surface area contributed by atoms with Crippen molar-refractivity contribution in [1.82, 2.24) is 5.23 Å². The first-order chi connectivity index (χ1) is 8.63. The smallest absolute Gasteiger partial charge is 0.319 e. The Kier molecular flexibility index (Phi) is 5.73. The summed E-state index contributed by atoms with van der Waals surface area (Å²) >= 11 is 0. The second kappa shape index (κ2) is 7.34. The summed E-state index contributed by atoms with van der Waals surface area (Å²) in [7, 11) is 0.0347. The highest BCUT2D eigenvalue weighted by molar-refractivity contribution is 6.64. The van der Waals surface area contributed by atoms with E-state index in [9.17, 15) is 18.8 Å². The van der Waals surface area contributed by atoms with Crippen molar-refractivity contribution in [3.63, 3.8) is 0 Å². The molecule has 0 heterocycles. The fraction of sp³-hybridized carbons (Fsp3) is 0.182. The van der Waals surface area contributed by atoms with Crippen LogP contribution in [0.4, 0.5) is 4.39 Å². The number of hydrogen-bond donors (Lipinski definition) is 1. The molecule has 0 unspecified atom stereocenters. The minimum Gasteiger partial charge on any atom is -0.456 e. The maximum Gasteiger partial charge on any atom is 0.319 e. The Labute approximate surface area is 104 Å². The lowest BCUT2D eigenvalue weighted by Gasteiger charge is -2.04. The highest BCUT2D eigenvalue weighted by Gasteiger charge is 2.10. The molecule has 0 bridgehead atoms. The van der Waals surface area contributed by atoms with E-state index in [0.29, 0.717) is 6.19 Å². The van der Waals surface area contributed by atoms with Crippen molar-refractivity contribution in [2.75, 3.05) is 13.2 Å². The van der Waals surface area contributed by atoms with Gasteiger partial charge in [-0.05, 0) is 12.1 Å². The number of carbonyl (C=O) groups is 3. The second-order valence-corrected chi connectivity index (χ2v) is 3.39. The number of rotatable bonds is 7. The van der Waals surface area contributed by atoms with Gasteiger partial charge in [-0.15, -0.1) is 0 Å². The van der Waals surface area contributed by atoms with Gasteiger partial charge < -0.3 is 14.8 Å². The van der Waals surface area contributed by atoms with Crippen molar-refractivity contribution >= 4 is 25.4 Å². The quantitative estimate of drug-likeness (QED) is 0.236. The molecule has 0 radical (unpaired) electrons. The maximum atomic E-state index is 12.8. The minimum absolute atomic E-state index is 0.0347. The molecule has 0 saturated carbocycles. The molecule has 0 aliphatic rings. The molecule has 1 rings (SSSR count). The predicted octanol–water partition coefficient (Wildman–Crippen LogP) is -0.317. The molecular weight excluding hydrogens is 240 g/mol. The first kappa shape index (κ1) is 14.0. The molecule has 1 aromatic rings. The van der Waals surface area contributed by atoms with Crippen LogP contribution in [0, 0.1) is 5.82 Å². The van der Waals surface area contributed by atoms with Crippen molar-refractivity contribution in [3.05, 3.63) is 35.6 Å². The average Bonchev–Trinajstić information content (AvgIpc) is 2.36. The van der Waals surface area contributed by atoms with Gasteiger partial charge in [0, 0.05) is 5.56 Å². The maximum absolute atomic E-state index is 12.8. The lowest BCUT2D eigenvalue weighted by Crippen LogP contribution is -2.29. The summed E-state index contributed by atoms with van der Waals surface area (Å²) in [6, 6.07) is 5.12. The SMILES string of the molecule is O=CBNCC(=O)OCC(=O)c1cccc(F)c1. The number of hydrogen-bond acceptors (Lipinski definition) is 5. The summed E-state index contributed by atoms with van der Waals surface area (Å²) in [6.07, 6.45) is 0.602. The summed E-state index contributed by atoms with van der Waals surface area (Å²) < 4.78 is 17.5. The lowest BCUT2D eigenvalue weighted by atomic mass is 9.99. The predicted molar refractivity (Wildman–Crippen MR) is 63.6 cm³/mol. The van der Waals surface area contributed by atoms with E-state index in [2.05, 4.69) is 9.96 Å². The van der Waals surface area contributed by atoms with Crippen LogP contribution >= 0.6 is 0 Å². The van der Waals surface area contributed by atoms with Crippen molar-refractivity contribution in [2.24, 2.45) is 0 Å². The Bertz CT molecular complexity index is 452. The van der Waals surface area contributed by atoms with Crippen LogP contribution in [0.2, 0.25) is 0 Å². The molecule has 94 valence electrons. The lowest BCUT2D eigenvalue weighted by molar-refractivity contribution is -0.141. The summed E-state index contributed by atoms with van der Waals surface area (Å²) in [4.78, 5) is 32.6. The van der Waals surface area contributed by atoms with Crippen LogP contribution < -0.4 is 5.23 Å². The monoisotopic (exact) mass is 251 g/mol. The van der Waals surface area contributed by atoms with Gasteiger partial charge in [0.1, 0.15) is 5.82 Å². The molecule has 0 fully saturated rings. The van der Waals surface area contributed by atoms with Crippen molar-refractivity contribution < 1.29 is 23.5 Å². The summed E-state index contributed by atoms with van der Waals surface area (Å²) in [5, 5.41) is 2.49. The molecule has 0 aliphatic heterocycles. The number of halogens is 1. The normalized spacial score (nSPS) is 9.61. The molecule has 1 aromatic carbocycles. The van der Waals surface area contributed by atoms with Gasteiger partial charge in [0.2, 0.25) is 0 Å². The number of nitrogens with one attached hydrogen (secondary N) is 1. The largest absolute Gasteiger partial charge is 0.456 e. The van der Waals surface area contributed by atoms with Crippen LogP contribution in [0.15, 0.2) is 24.3 Å². The molecule has 18 heavy (non-hydrogen) atoms. The van der Waals surface area contributed by atoms with Crippen LogP contribution in [-0.2, 0) is 14.3 Å². The minimum atomic E-state index is -0.651. The Hall–Kier alpha value is -2.02. The van der Waals surface area contributed by atoms with Crippen molar-refractivity contribution in [1.29, 1.82) is 0 Å². The third-order valence-corrected chi connectivity index (χ3v) is 2.01. The first-order valence-electron chi connectivity index (χ1n) is 5.22. The molecule has 0 atom stereocenters. The fourth-order valence-corrected chi connectivity index (χ4v) is 1.18. The van der Waals surface area contributed by atoms with E-state index in [0.717, 1.165) is 6.07 Å². The fourth-order valence-electron chi connectivity index (χ4n) is 1.18. The number of esters is 1. The molecule has 0 amide bonds. The van der Waals surface area contributed by atoms with Gasteiger partial charge in [-0.25, -0.2) is 4.39 Å². The number of ether oxygens (including phenoxy) is 1. The van der Waals surface area contributed by atoms with Gasteiger partial charge in [0.25, 0.3) is 7.41 Å². The topological polar surface area (TPSA) is 72.5 Å². The molecule has 0 saturated heterocycles. The van der Waals surface area contributed by atoms with E-state index in [-0.39, 0.29) is 19.5 Å². The summed E-state index contributed by atoms with van der Waals surface area (Å²) in [6.45, 7) is -0.611. The van der Waals surface area contributed by atoms with E-state index < -0.39 is 24.2 Å². The molecule has 7 heteroatoms. The van der Waals surface area contributed by atoms with E-state index in [1.807, 2.05) is 0 Å². The van der Waals surface area contributed by atoms with Gasteiger partial charge >= 0.3 is 5.97 Å². The zero-order valence-corrected chi connectivity index (χ0v) is 9.52. The van der Waals surface area contributed by atoms with E-state index in [1.54, 1.807) is 0 Å². The Morgan fingerprint density at radius 2 is 2.22 bits per heavy atom. The van der Waals surface area contributed by atoms with Crippen LogP contribution in [-0.4, -0.2) is 38.5 Å². The van der Waals surface area contributed by atoms with Crippen molar-refractivity contribution in [3.8, 4) is 0 Å². The Balaban J connectivity index is 2.37. The van der Waals surface area contributed by atoms with Crippen LogP contribution in [0.5, 0.6) is 0 Å². The number of Topliss-reactive ketones (excluding diaryl/α,β-unsaturated/α-hetero) is 1. The standard InChI is InChI=1S/C11H11BFNO4/c13-9-3-1-2-8(4-9)10(16)6-18-11(17)5-14-12-7-15/h1-4,7,12,14H,5-6H2. The highest BCUT2D eigenvalue weighted by Crippen LogP contribution is 2.04. The number of benzene rings is 1. The van der Waals surface area contributed by atoms with Gasteiger partial charge in [-0.3, -0.25) is 9.59 Å². The molecule has 0 aliphatic carbocycles. The molecule has 0 aromatic heterocycles. The van der Waals surface area contributed by atoms with Crippen LogP contribution in [0.25, 0.3) is 0 Å². The third-order valence-electron chi connectivity index (χ3n) is 2.01. The van der Waals surface area contributed by atoms with E-state index in [1.165, 1.54) is 18.2 Å². The van der Waals surface area contributed by atoms with Crippen molar-refractivity contribution in [2.45, 2.75) is 0 Å². The molecule has 0 spiro atoms. The van der Waals surface area contributed by atoms with Gasteiger partial charge in [0.15, 0.2) is 12.4 Å². The third kappa shape index (κ3) is 4.88. The summed E-state index contributed by atoms with van der Waals surface area (Å²) in [5.41, 5.74) is 0.142. The number of carbonyl (C=O) groups excluding carboxylic acids is 3. The zero-order chi connectivity index (χ0) is 13.4. The first-order valence-corrected chi connectivity index (χ1v) is 5.22. The summed E-state index contributed by atoms with van der Waals surface area (Å²) in [5.74, 6) is -1.67. The average molecular weight is 251 g/mol. The van der Waals surface area contributed by atoms with Gasteiger partial charge in [-0.2, -0.15) is 0 Å². The van der Waals surface area contributed by atoms with E-state index >= 15 is 0 Å². The molecule has 1 N–H and O–H groups in total. The van der Waals surface area contributed by atoms with Gasteiger partial charge in [0.05, 0.1) is 12.7 Å². The van der Waals surface area contributed by atoms with E-state index in [4.69, 9.17) is 0 Å². The molecular formula is C11H11BFNO4. The Morgan fingerprint density at radius 3 is 2.89 bits per heavy atom.